The average molecular weight is 311 g/mol. The standard InChI is InChI=1S/C14H21N3O3S/c1-2-17-21(19,20)8-7-15-14(18)12-9-11-5-3-4-6-13(11)16-10-12/h3-6,12,16-17H,2,7-10H2,1H3,(H,15,18). The van der Waals surface area contributed by atoms with Gasteiger partial charge in [-0.25, -0.2) is 13.1 Å². The predicted molar refractivity (Wildman–Crippen MR) is 82.6 cm³/mol. The number of para-hydroxylation sites is 1. The van der Waals surface area contributed by atoms with Gasteiger partial charge in [-0.05, 0) is 18.1 Å². The van der Waals surface area contributed by atoms with E-state index in [1.165, 1.54) is 0 Å². The van der Waals surface area contributed by atoms with Crippen LogP contribution in [0.2, 0.25) is 0 Å². The maximum absolute atomic E-state index is 12.1. The molecule has 0 saturated heterocycles. The van der Waals surface area contributed by atoms with Crippen LogP contribution in [0.15, 0.2) is 24.3 Å². The third-order valence-corrected chi connectivity index (χ3v) is 4.90. The Bertz CT molecular complexity index is 601. The number of amides is 1. The van der Waals surface area contributed by atoms with Crippen molar-refractivity contribution >= 4 is 21.6 Å². The summed E-state index contributed by atoms with van der Waals surface area (Å²) in [6.07, 6.45) is 0.676. The van der Waals surface area contributed by atoms with E-state index in [0.717, 1.165) is 11.3 Å². The van der Waals surface area contributed by atoms with Gasteiger partial charge in [0, 0.05) is 25.3 Å². The van der Waals surface area contributed by atoms with Crippen LogP contribution in [0.4, 0.5) is 5.69 Å². The highest BCUT2D eigenvalue weighted by Gasteiger charge is 2.24. The lowest BCUT2D eigenvalue weighted by molar-refractivity contribution is -0.124. The number of carbonyl (C=O) groups is 1. The lowest BCUT2D eigenvalue weighted by Crippen LogP contribution is -2.41. The van der Waals surface area contributed by atoms with Crippen LogP contribution < -0.4 is 15.4 Å². The predicted octanol–water partition coefficient (Wildman–Crippen LogP) is 0.326. The SMILES string of the molecule is CCNS(=O)(=O)CCNC(=O)C1CNc2ccccc2C1. The Balaban J connectivity index is 1.83. The van der Waals surface area contributed by atoms with Gasteiger partial charge in [0.05, 0.1) is 11.7 Å². The normalized spacial score (nSPS) is 17.7. The molecular formula is C14H21N3O3S. The molecule has 1 aliphatic heterocycles. The third kappa shape index (κ3) is 4.44. The topological polar surface area (TPSA) is 87.3 Å². The van der Waals surface area contributed by atoms with Crippen molar-refractivity contribution in [3.63, 3.8) is 0 Å². The first kappa shape index (κ1) is 15.8. The number of anilines is 1. The fourth-order valence-corrected chi connectivity index (χ4v) is 3.33. The second-order valence-electron chi connectivity index (χ2n) is 5.05. The number of rotatable bonds is 6. The van der Waals surface area contributed by atoms with Gasteiger partial charge in [-0.3, -0.25) is 4.79 Å². The molecule has 2 rings (SSSR count). The smallest absolute Gasteiger partial charge is 0.225 e. The summed E-state index contributed by atoms with van der Waals surface area (Å²) in [6.45, 7) is 2.79. The minimum atomic E-state index is -3.29. The van der Waals surface area contributed by atoms with E-state index in [4.69, 9.17) is 0 Å². The van der Waals surface area contributed by atoms with Crippen molar-refractivity contribution in [3.05, 3.63) is 29.8 Å². The van der Waals surface area contributed by atoms with Gasteiger partial charge in [0.1, 0.15) is 0 Å². The molecule has 0 fully saturated rings. The summed E-state index contributed by atoms with van der Waals surface area (Å²) in [5.74, 6) is -0.367. The summed E-state index contributed by atoms with van der Waals surface area (Å²) >= 11 is 0. The summed E-state index contributed by atoms with van der Waals surface area (Å²) in [6, 6.07) is 7.89. The minimum Gasteiger partial charge on any atom is -0.384 e. The highest BCUT2D eigenvalue weighted by Crippen LogP contribution is 2.24. The minimum absolute atomic E-state index is 0.0939. The van der Waals surface area contributed by atoms with Crippen LogP contribution >= 0.6 is 0 Å². The van der Waals surface area contributed by atoms with Crippen LogP contribution in [0.1, 0.15) is 12.5 Å². The largest absolute Gasteiger partial charge is 0.384 e. The van der Waals surface area contributed by atoms with E-state index in [1.807, 2.05) is 24.3 Å². The Labute approximate surface area is 125 Å². The van der Waals surface area contributed by atoms with Crippen molar-refractivity contribution < 1.29 is 13.2 Å². The first-order chi connectivity index (χ1) is 10.0. The zero-order valence-corrected chi connectivity index (χ0v) is 12.9. The van der Waals surface area contributed by atoms with Crippen LogP contribution in [0, 0.1) is 5.92 Å². The maximum atomic E-state index is 12.1. The van der Waals surface area contributed by atoms with Crippen LogP contribution in [-0.4, -0.2) is 39.7 Å². The molecule has 0 aromatic heterocycles. The van der Waals surface area contributed by atoms with Crippen LogP contribution in [0.5, 0.6) is 0 Å². The molecule has 21 heavy (non-hydrogen) atoms. The Morgan fingerprint density at radius 2 is 2.14 bits per heavy atom. The summed E-state index contributed by atoms with van der Waals surface area (Å²) in [5, 5.41) is 5.93. The highest BCUT2D eigenvalue weighted by molar-refractivity contribution is 7.89. The van der Waals surface area contributed by atoms with Gasteiger partial charge >= 0.3 is 0 Å². The Hall–Kier alpha value is -1.60. The van der Waals surface area contributed by atoms with E-state index in [0.29, 0.717) is 19.5 Å². The van der Waals surface area contributed by atoms with Gasteiger partial charge in [0.25, 0.3) is 0 Å². The van der Waals surface area contributed by atoms with Crippen LogP contribution in [-0.2, 0) is 21.2 Å². The zero-order chi connectivity index (χ0) is 15.3. The molecule has 7 heteroatoms. The average Bonchev–Trinajstić information content (AvgIpc) is 2.46. The lowest BCUT2D eigenvalue weighted by atomic mass is 9.93. The molecule has 0 saturated carbocycles. The Kier molecular flexibility index (Phi) is 5.19. The molecule has 3 N–H and O–H groups in total. The first-order valence-electron chi connectivity index (χ1n) is 7.08. The molecule has 0 radical (unpaired) electrons. The van der Waals surface area contributed by atoms with Crippen molar-refractivity contribution in [2.75, 3.05) is 30.7 Å². The second kappa shape index (κ2) is 6.91. The molecule has 1 aliphatic rings. The van der Waals surface area contributed by atoms with Crippen molar-refractivity contribution in [2.24, 2.45) is 5.92 Å². The number of hydrogen-bond acceptors (Lipinski definition) is 4. The van der Waals surface area contributed by atoms with Gasteiger partial charge in [-0.15, -0.1) is 0 Å². The molecule has 1 heterocycles. The number of carbonyl (C=O) groups excluding carboxylic acids is 1. The molecule has 1 unspecified atom stereocenters. The highest BCUT2D eigenvalue weighted by atomic mass is 32.2. The summed E-state index contributed by atoms with van der Waals surface area (Å²) in [7, 11) is -3.29. The molecule has 116 valence electrons. The Morgan fingerprint density at radius 1 is 1.38 bits per heavy atom. The molecular weight excluding hydrogens is 290 g/mol. The van der Waals surface area contributed by atoms with Crippen molar-refractivity contribution in [1.29, 1.82) is 0 Å². The van der Waals surface area contributed by atoms with Gasteiger partial charge in [0.2, 0.25) is 15.9 Å². The van der Waals surface area contributed by atoms with Gasteiger partial charge in [-0.2, -0.15) is 0 Å². The van der Waals surface area contributed by atoms with Crippen LogP contribution in [0.3, 0.4) is 0 Å². The second-order valence-corrected chi connectivity index (χ2v) is 6.97. The molecule has 1 amide bonds. The van der Waals surface area contributed by atoms with Gasteiger partial charge in [-0.1, -0.05) is 25.1 Å². The Morgan fingerprint density at radius 3 is 2.90 bits per heavy atom. The summed E-state index contributed by atoms with van der Waals surface area (Å²) in [5.41, 5.74) is 2.18. The van der Waals surface area contributed by atoms with Crippen molar-refractivity contribution in [3.8, 4) is 0 Å². The fraction of sp³-hybridized carbons (Fsp3) is 0.500. The molecule has 1 atom stereocenters. The maximum Gasteiger partial charge on any atom is 0.225 e. The number of fused-ring (bicyclic) bond motifs is 1. The molecule has 1 aromatic carbocycles. The van der Waals surface area contributed by atoms with Crippen LogP contribution in [0.25, 0.3) is 0 Å². The molecule has 0 spiro atoms. The van der Waals surface area contributed by atoms with Crippen molar-refractivity contribution in [1.82, 2.24) is 10.0 Å². The summed E-state index contributed by atoms with van der Waals surface area (Å²) < 4.78 is 25.4. The van der Waals surface area contributed by atoms with E-state index >= 15 is 0 Å². The quantitative estimate of drug-likeness (QED) is 0.706. The zero-order valence-electron chi connectivity index (χ0n) is 12.1. The molecule has 6 nitrogen and oxygen atoms in total. The first-order valence-corrected chi connectivity index (χ1v) is 8.74. The van der Waals surface area contributed by atoms with Gasteiger partial charge < -0.3 is 10.6 Å². The van der Waals surface area contributed by atoms with E-state index in [-0.39, 0.29) is 24.1 Å². The van der Waals surface area contributed by atoms with E-state index < -0.39 is 10.0 Å². The number of benzene rings is 1. The third-order valence-electron chi connectivity index (χ3n) is 3.43. The molecule has 1 aromatic rings. The molecule has 0 aliphatic carbocycles. The number of hydrogen-bond donors (Lipinski definition) is 3. The van der Waals surface area contributed by atoms with E-state index in [1.54, 1.807) is 6.92 Å². The summed E-state index contributed by atoms with van der Waals surface area (Å²) in [4.78, 5) is 12.1. The number of sulfonamides is 1. The van der Waals surface area contributed by atoms with E-state index in [9.17, 15) is 13.2 Å². The lowest BCUT2D eigenvalue weighted by Gasteiger charge is -2.25. The molecule has 0 bridgehead atoms. The number of nitrogens with one attached hydrogen (secondary N) is 3. The van der Waals surface area contributed by atoms with Crippen molar-refractivity contribution in [2.45, 2.75) is 13.3 Å². The van der Waals surface area contributed by atoms with Gasteiger partial charge in [0.15, 0.2) is 0 Å². The fourth-order valence-electron chi connectivity index (χ4n) is 2.37. The monoisotopic (exact) mass is 311 g/mol. The van der Waals surface area contributed by atoms with E-state index in [2.05, 4.69) is 15.4 Å².